The fraction of sp³-hybridized carbons (Fsp3) is 0.208. The first-order valence-electron chi connectivity index (χ1n) is 10.2. The van der Waals surface area contributed by atoms with E-state index >= 15 is 0 Å². The third-order valence-corrected chi connectivity index (χ3v) is 7.97. The summed E-state index contributed by atoms with van der Waals surface area (Å²) in [6.07, 6.45) is 0. The molecule has 1 N–H and O–H groups in total. The highest BCUT2D eigenvalue weighted by Gasteiger charge is 2.26. The van der Waals surface area contributed by atoms with E-state index in [0.29, 0.717) is 15.4 Å². The molecule has 4 aromatic rings. The van der Waals surface area contributed by atoms with Gasteiger partial charge in [-0.15, -0.1) is 34.4 Å². The summed E-state index contributed by atoms with van der Waals surface area (Å²) in [4.78, 5) is 32.0. The topological polar surface area (TPSA) is 68.3 Å². The van der Waals surface area contributed by atoms with Crippen molar-refractivity contribution in [1.29, 1.82) is 0 Å². The van der Waals surface area contributed by atoms with Gasteiger partial charge in [-0.3, -0.25) is 4.79 Å². The smallest absolute Gasteiger partial charge is 0.348 e. The second-order valence-electron chi connectivity index (χ2n) is 6.85. The summed E-state index contributed by atoms with van der Waals surface area (Å²) >= 11 is 4.40. The molecule has 5 nitrogen and oxygen atoms in total. The first-order chi connectivity index (χ1) is 15.5. The monoisotopic (exact) mass is 482 g/mol. The standard InChI is InChI=1S/C24H22N2O3S3/c1-4-29-24(28)20-14(3)19(22-25-16-11-7-9-13-18(16)31-22)23(32-20)26-21(27)15-10-6-8-12-17(15)30-5-2/h6-13H,4-5H2,1-3H3,(H,26,27). The lowest BCUT2D eigenvalue weighted by atomic mass is 10.1. The van der Waals surface area contributed by atoms with Crippen LogP contribution in [0.2, 0.25) is 0 Å². The van der Waals surface area contributed by atoms with E-state index in [1.54, 1.807) is 18.7 Å². The Kier molecular flexibility index (Phi) is 6.93. The Morgan fingerprint density at radius 2 is 1.81 bits per heavy atom. The SMILES string of the molecule is CCOC(=O)c1sc(NC(=O)c2ccccc2SCC)c(-c2nc3ccccc3s2)c1C. The normalized spacial score (nSPS) is 11.0. The highest BCUT2D eigenvalue weighted by atomic mass is 32.2. The summed E-state index contributed by atoms with van der Waals surface area (Å²) in [6.45, 7) is 6.00. The number of aromatic nitrogens is 1. The van der Waals surface area contributed by atoms with Crippen LogP contribution in [0.1, 0.15) is 39.4 Å². The maximum absolute atomic E-state index is 13.2. The van der Waals surface area contributed by atoms with Gasteiger partial charge in [-0.2, -0.15) is 0 Å². The highest BCUT2D eigenvalue weighted by Crippen LogP contribution is 2.44. The van der Waals surface area contributed by atoms with E-state index < -0.39 is 0 Å². The van der Waals surface area contributed by atoms with E-state index in [0.717, 1.165) is 37.0 Å². The number of hydrogen-bond acceptors (Lipinski definition) is 7. The molecule has 1 amide bonds. The van der Waals surface area contributed by atoms with Crippen molar-refractivity contribution < 1.29 is 14.3 Å². The van der Waals surface area contributed by atoms with Crippen LogP contribution in [0.25, 0.3) is 20.8 Å². The van der Waals surface area contributed by atoms with Gasteiger partial charge >= 0.3 is 5.97 Å². The minimum absolute atomic E-state index is 0.208. The number of esters is 1. The van der Waals surface area contributed by atoms with Crippen LogP contribution in [-0.4, -0.2) is 29.2 Å². The number of thiazole rings is 1. The first-order valence-corrected chi connectivity index (χ1v) is 12.8. The van der Waals surface area contributed by atoms with Crippen LogP contribution in [-0.2, 0) is 4.74 Å². The zero-order chi connectivity index (χ0) is 22.7. The predicted molar refractivity (Wildman–Crippen MR) is 134 cm³/mol. The molecule has 0 bridgehead atoms. The van der Waals surface area contributed by atoms with Gasteiger partial charge in [0, 0.05) is 10.5 Å². The lowest BCUT2D eigenvalue weighted by molar-refractivity contribution is 0.0531. The summed E-state index contributed by atoms with van der Waals surface area (Å²) in [6, 6.07) is 15.4. The molecule has 0 spiro atoms. The van der Waals surface area contributed by atoms with Crippen molar-refractivity contribution in [2.75, 3.05) is 17.7 Å². The average molecular weight is 483 g/mol. The Balaban J connectivity index is 1.79. The summed E-state index contributed by atoms with van der Waals surface area (Å²) in [5.41, 5.74) is 3.03. The van der Waals surface area contributed by atoms with Gasteiger partial charge in [-0.1, -0.05) is 31.2 Å². The van der Waals surface area contributed by atoms with Gasteiger partial charge in [-0.05, 0) is 49.4 Å². The van der Waals surface area contributed by atoms with Crippen molar-refractivity contribution in [3.05, 3.63) is 64.5 Å². The molecular formula is C24H22N2O3S3. The number of hydrogen-bond donors (Lipinski definition) is 1. The summed E-state index contributed by atoms with van der Waals surface area (Å²) < 4.78 is 6.30. The number of thiophene rings is 1. The van der Waals surface area contributed by atoms with Gasteiger partial charge in [0.2, 0.25) is 0 Å². The second kappa shape index (κ2) is 9.85. The van der Waals surface area contributed by atoms with Crippen molar-refractivity contribution in [1.82, 2.24) is 4.98 Å². The van der Waals surface area contributed by atoms with Crippen LogP contribution in [0.5, 0.6) is 0 Å². The van der Waals surface area contributed by atoms with E-state index in [9.17, 15) is 9.59 Å². The van der Waals surface area contributed by atoms with Crippen LogP contribution in [0.4, 0.5) is 5.00 Å². The number of nitrogens with one attached hydrogen (secondary N) is 1. The number of anilines is 1. The van der Waals surface area contributed by atoms with Crippen molar-refractivity contribution in [2.45, 2.75) is 25.7 Å². The number of ether oxygens (including phenoxy) is 1. The average Bonchev–Trinajstić information content (AvgIpc) is 3.35. The van der Waals surface area contributed by atoms with Gasteiger partial charge in [0.15, 0.2) is 0 Å². The molecule has 0 saturated heterocycles. The lowest BCUT2D eigenvalue weighted by Crippen LogP contribution is -2.12. The minimum Gasteiger partial charge on any atom is -0.462 e. The van der Waals surface area contributed by atoms with Crippen LogP contribution in [0.3, 0.4) is 0 Å². The largest absolute Gasteiger partial charge is 0.462 e. The molecule has 0 aliphatic rings. The first kappa shape index (κ1) is 22.5. The molecule has 2 aromatic heterocycles. The van der Waals surface area contributed by atoms with Gasteiger partial charge in [0.25, 0.3) is 5.91 Å². The Morgan fingerprint density at radius 1 is 1.06 bits per heavy atom. The van der Waals surface area contributed by atoms with E-state index in [1.165, 1.54) is 22.7 Å². The zero-order valence-electron chi connectivity index (χ0n) is 17.9. The molecule has 0 unspecified atom stereocenters. The molecule has 0 saturated carbocycles. The molecule has 0 radical (unpaired) electrons. The van der Waals surface area contributed by atoms with Crippen molar-refractivity contribution in [3.63, 3.8) is 0 Å². The zero-order valence-corrected chi connectivity index (χ0v) is 20.4. The van der Waals surface area contributed by atoms with E-state index in [-0.39, 0.29) is 18.5 Å². The maximum Gasteiger partial charge on any atom is 0.348 e. The Hall–Kier alpha value is -2.68. The number of benzene rings is 2. The summed E-state index contributed by atoms with van der Waals surface area (Å²) in [5.74, 6) is 0.271. The Bertz CT molecular complexity index is 1260. The van der Waals surface area contributed by atoms with Crippen molar-refractivity contribution in [2.24, 2.45) is 0 Å². The fourth-order valence-electron chi connectivity index (χ4n) is 3.34. The van der Waals surface area contributed by atoms with Crippen LogP contribution < -0.4 is 5.32 Å². The molecule has 0 aliphatic heterocycles. The minimum atomic E-state index is -0.389. The number of nitrogens with zero attached hydrogens (tertiary/aromatic N) is 1. The number of rotatable bonds is 7. The lowest BCUT2D eigenvalue weighted by Gasteiger charge is -2.09. The van der Waals surface area contributed by atoms with Gasteiger partial charge in [-0.25, -0.2) is 9.78 Å². The van der Waals surface area contributed by atoms with Gasteiger partial charge in [0.05, 0.1) is 22.4 Å². The molecule has 2 aromatic carbocycles. The molecule has 4 rings (SSSR count). The van der Waals surface area contributed by atoms with E-state index in [2.05, 4.69) is 12.2 Å². The second-order valence-corrected chi connectivity index (χ2v) is 10.2. The number of carbonyl (C=O) groups is 2. The highest BCUT2D eigenvalue weighted by molar-refractivity contribution is 7.99. The van der Waals surface area contributed by atoms with Crippen molar-refractivity contribution >= 4 is 61.5 Å². The molecule has 0 fully saturated rings. The third-order valence-electron chi connectivity index (χ3n) is 4.77. The number of fused-ring (bicyclic) bond motifs is 1. The Labute approximate surface area is 198 Å². The van der Waals surface area contributed by atoms with E-state index in [1.807, 2.05) is 55.5 Å². The summed E-state index contributed by atoms with van der Waals surface area (Å²) in [5, 5.41) is 4.42. The van der Waals surface area contributed by atoms with Crippen molar-refractivity contribution in [3.8, 4) is 10.6 Å². The molecule has 0 atom stereocenters. The molecular weight excluding hydrogens is 460 g/mol. The molecule has 164 valence electrons. The summed E-state index contributed by atoms with van der Waals surface area (Å²) in [7, 11) is 0. The molecule has 32 heavy (non-hydrogen) atoms. The number of para-hydroxylation sites is 1. The molecule has 2 heterocycles. The maximum atomic E-state index is 13.2. The number of amides is 1. The number of thioether (sulfide) groups is 1. The predicted octanol–water partition coefficient (Wildman–Crippen LogP) is 6.87. The van der Waals surface area contributed by atoms with Crippen LogP contribution in [0, 0.1) is 6.92 Å². The fourth-order valence-corrected chi connectivity index (χ4v) is 6.37. The Morgan fingerprint density at radius 3 is 2.56 bits per heavy atom. The van der Waals surface area contributed by atoms with E-state index in [4.69, 9.17) is 9.72 Å². The van der Waals surface area contributed by atoms with Gasteiger partial charge < -0.3 is 10.1 Å². The van der Waals surface area contributed by atoms with Crippen LogP contribution in [0.15, 0.2) is 53.4 Å². The quantitative estimate of drug-likeness (QED) is 0.230. The third kappa shape index (κ3) is 4.44. The van der Waals surface area contributed by atoms with Crippen LogP contribution >= 0.6 is 34.4 Å². The molecule has 0 aliphatic carbocycles. The van der Waals surface area contributed by atoms with Gasteiger partial charge in [0.1, 0.15) is 14.9 Å². The number of carbonyl (C=O) groups excluding carboxylic acids is 2. The molecule has 8 heteroatoms.